The van der Waals surface area contributed by atoms with E-state index in [0.29, 0.717) is 11.7 Å². The molecule has 2 unspecified atom stereocenters. The Balaban J connectivity index is 2.05. The topological polar surface area (TPSA) is 37.3 Å². The molecule has 0 saturated heterocycles. The minimum atomic E-state index is 0.158. The molecule has 1 saturated carbocycles. The van der Waals surface area contributed by atoms with Crippen molar-refractivity contribution in [3.63, 3.8) is 0 Å². The zero-order valence-electron chi connectivity index (χ0n) is 9.65. The quantitative estimate of drug-likeness (QED) is 0.828. The van der Waals surface area contributed by atoms with Gasteiger partial charge in [-0.05, 0) is 42.9 Å². The van der Waals surface area contributed by atoms with Crippen LogP contribution in [-0.4, -0.2) is 10.9 Å². The van der Waals surface area contributed by atoms with Crippen LogP contribution in [0.3, 0.4) is 0 Å². The molecule has 1 fully saturated rings. The van der Waals surface area contributed by atoms with E-state index in [9.17, 15) is 9.90 Å². The molecule has 2 rings (SSSR count). The molecular weight excluding hydrogens is 200 g/mol. The summed E-state index contributed by atoms with van der Waals surface area (Å²) < 4.78 is 0. The Hall–Kier alpha value is -1.31. The third-order valence-corrected chi connectivity index (χ3v) is 3.42. The van der Waals surface area contributed by atoms with Gasteiger partial charge >= 0.3 is 0 Å². The summed E-state index contributed by atoms with van der Waals surface area (Å²) in [5.41, 5.74) is 1.06. The SMILES string of the molecule is CC1CCC(=O)C(Cc2cccc(O)c2)C1. The molecule has 2 atom stereocenters. The number of aromatic hydroxyl groups is 1. The van der Waals surface area contributed by atoms with Gasteiger partial charge in [-0.3, -0.25) is 4.79 Å². The summed E-state index contributed by atoms with van der Waals surface area (Å²) in [5.74, 6) is 1.49. The first kappa shape index (κ1) is 11.2. The fraction of sp³-hybridized carbons (Fsp3) is 0.500. The third-order valence-electron chi connectivity index (χ3n) is 3.42. The number of carbonyl (C=O) groups excluding carboxylic acids is 1. The minimum absolute atomic E-state index is 0.158. The summed E-state index contributed by atoms with van der Waals surface area (Å²) in [7, 11) is 0. The van der Waals surface area contributed by atoms with E-state index in [4.69, 9.17) is 0 Å². The molecule has 0 bridgehead atoms. The number of rotatable bonds is 2. The van der Waals surface area contributed by atoms with Crippen molar-refractivity contribution in [3.05, 3.63) is 29.8 Å². The van der Waals surface area contributed by atoms with Crippen LogP contribution in [0.2, 0.25) is 0 Å². The predicted octanol–water partition coefficient (Wildman–Crippen LogP) is 2.94. The predicted molar refractivity (Wildman–Crippen MR) is 63.3 cm³/mol. The number of Topliss-reactive ketones (excluding diaryl/α,β-unsaturated/α-hetero) is 1. The largest absolute Gasteiger partial charge is 0.508 e. The number of carbonyl (C=O) groups is 1. The molecule has 0 radical (unpaired) electrons. The van der Waals surface area contributed by atoms with Gasteiger partial charge in [-0.2, -0.15) is 0 Å². The van der Waals surface area contributed by atoms with Crippen molar-refractivity contribution >= 4 is 5.78 Å². The first-order valence-electron chi connectivity index (χ1n) is 5.96. The van der Waals surface area contributed by atoms with E-state index in [1.54, 1.807) is 12.1 Å². The van der Waals surface area contributed by atoms with Gasteiger partial charge in [0.25, 0.3) is 0 Å². The second-order valence-electron chi connectivity index (χ2n) is 4.92. The van der Waals surface area contributed by atoms with Gasteiger partial charge in [0.2, 0.25) is 0 Å². The summed E-state index contributed by atoms with van der Waals surface area (Å²) in [6.45, 7) is 2.21. The molecule has 0 amide bonds. The van der Waals surface area contributed by atoms with Gasteiger partial charge in [0.1, 0.15) is 11.5 Å². The van der Waals surface area contributed by atoms with Crippen LogP contribution < -0.4 is 0 Å². The van der Waals surface area contributed by atoms with Crippen molar-refractivity contribution in [2.24, 2.45) is 11.8 Å². The van der Waals surface area contributed by atoms with Gasteiger partial charge < -0.3 is 5.11 Å². The fourth-order valence-electron chi connectivity index (χ4n) is 2.49. The highest BCUT2D eigenvalue weighted by Crippen LogP contribution is 2.29. The number of hydrogen-bond acceptors (Lipinski definition) is 2. The number of phenolic OH excluding ortho intramolecular Hbond substituents is 1. The van der Waals surface area contributed by atoms with Crippen molar-refractivity contribution in [1.29, 1.82) is 0 Å². The van der Waals surface area contributed by atoms with E-state index in [1.807, 2.05) is 12.1 Å². The minimum Gasteiger partial charge on any atom is -0.508 e. The zero-order valence-corrected chi connectivity index (χ0v) is 9.65. The highest BCUT2D eigenvalue weighted by molar-refractivity contribution is 5.82. The highest BCUT2D eigenvalue weighted by Gasteiger charge is 2.26. The van der Waals surface area contributed by atoms with Crippen molar-refractivity contribution in [3.8, 4) is 5.75 Å². The monoisotopic (exact) mass is 218 g/mol. The maximum atomic E-state index is 11.8. The molecule has 0 aliphatic heterocycles. The van der Waals surface area contributed by atoms with Crippen molar-refractivity contribution in [2.75, 3.05) is 0 Å². The van der Waals surface area contributed by atoms with Crippen LogP contribution in [0, 0.1) is 11.8 Å². The Bertz CT molecular complexity index is 384. The molecule has 1 aliphatic rings. The van der Waals surface area contributed by atoms with Crippen LogP contribution in [0.1, 0.15) is 31.7 Å². The Kier molecular flexibility index (Phi) is 3.28. The van der Waals surface area contributed by atoms with Crippen molar-refractivity contribution < 1.29 is 9.90 Å². The lowest BCUT2D eigenvalue weighted by atomic mass is 9.78. The molecule has 0 aromatic heterocycles. The Morgan fingerprint density at radius 3 is 3.00 bits per heavy atom. The molecule has 1 aliphatic carbocycles. The second-order valence-corrected chi connectivity index (χ2v) is 4.92. The lowest BCUT2D eigenvalue weighted by molar-refractivity contribution is -0.125. The van der Waals surface area contributed by atoms with E-state index in [0.717, 1.165) is 31.2 Å². The number of benzene rings is 1. The summed E-state index contributed by atoms with van der Waals surface area (Å²) in [5, 5.41) is 9.38. The van der Waals surface area contributed by atoms with Gasteiger partial charge in [0.15, 0.2) is 0 Å². The van der Waals surface area contributed by atoms with Crippen LogP contribution in [-0.2, 0) is 11.2 Å². The van der Waals surface area contributed by atoms with Crippen LogP contribution in [0.5, 0.6) is 5.75 Å². The number of hydrogen-bond donors (Lipinski definition) is 1. The molecule has 86 valence electrons. The fourth-order valence-corrected chi connectivity index (χ4v) is 2.49. The molecule has 2 heteroatoms. The summed E-state index contributed by atoms with van der Waals surface area (Å²) in [6, 6.07) is 7.23. The van der Waals surface area contributed by atoms with Gasteiger partial charge in [0.05, 0.1) is 0 Å². The maximum Gasteiger partial charge on any atom is 0.136 e. The van der Waals surface area contributed by atoms with Crippen molar-refractivity contribution in [1.82, 2.24) is 0 Å². The normalized spacial score (nSPS) is 25.7. The molecule has 0 heterocycles. The summed E-state index contributed by atoms with van der Waals surface area (Å²) in [6.07, 6.45) is 3.53. The average molecular weight is 218 g/mol. The lowest BCUT2D eigenvalue weighted by Gasteiger charge is -2.25. The molecular formula is C14H18O2. The van der Waals surface area contributed by atoms with Crippen LogP contribution in [0.4, 0.5) is 0 Å². The highest BCUT2D eigenvalue weighted by atomic mass is 16.3. The first-order valence-corrected chi connectivity index (χ1v) is 5.96. The van der Waals surface area contributed by atoms with Gasteiger partial charge in [0, 0.05) is 12.3 Å². The summed E-state index contributed by atoms with van der Waals surface area (Å²) in [4.78, 5) is 11.8. The average Bonchev–Trinajstić information content (AvgIpc) is 2.24. The molecule has 0 spiro atoms. The van der Waals surface area contributed by atoms with Gasteiger partial charge in [-0.25, -0.2) is 0 Å². The Morgan fingerprint density at radius 2 is 2.25 bits per heavy atom. The standard InChI is InChI=1S/C14H18O2/c1-10-5-6-14(16)12(7-10)8-11-3-2-4-13(15)9-11/h2-4,9-10,12,15H,5-8H2,1H3. The molecule has 16 heavy (non-hydrogen) atoms. The number of ketones is 1. The first-order chi connectivity index (χ1) is 7.65. The van der Waals surface area contributed by atoms with E-state index < -0.39 is 0 Å². The van der Waals surface area contributed by atoms with Crippen molar-refractivity contribution in [2.45, 2.75) is 32.6 Å². The number of phenols is 1. The van der Waals surface area contributed by atoms with E-state index in [2.05, 4.69) is 6.92 Å². The lowest BCUT2D eigenvalue weighted by Crippen LogP contribution is -2.25. The smallest absolute Gasteiger partial charge is 0.136 e. The van der Waals surface area contributed by atoms with Gasteiger partial charge in [-0.1, -0.05) is 19.1 Å². The van der Waals surface area contributed by atoms with Crippen LogP contribution in [0.15, 0.2) is 24.3 Å². The van der Waals surface area contributed by atoms with E-state index in [-0.39, 0.29) is 11.7 Å². The maximum absolute atomic E-state index is 11.8. The van der Waals surface area contributed by atoms with Crippen LogP contribution in [0.25, 0.3) is 0 Å². The summed E-state index contributed by atoms with van der Waals surface area (Å²) >= 11 is 0. The third kappa shape index (κ3) is 2.63. The molecule has 1 aromatic rings. The van der Waals surface area contributed by atoms with Crippen LogP contribution >= 0.6 is 0 Å². The molecule has 1 aromatic carbocycles. The molecule has 2 nitrogen and oxygen atoms in total. The van der Waals surface area contributed by atoms with E-state index >= 15 is 0 Å². The van der Waals surface area contributed by atoms with Gasteiger partial charge in [-0.15, -0.1) is 0 Å². The Morgan fingerprint density at radius 1 is 1.44 bits per heavy atom. The molecule has 1 N–H and O–H groups in total. The van der Waals surface area contributed by atoms with E-state index in [1.165, 1.54) is 0 Å². The Labute approximate surface area is 96.3 Å². The zero-order chi connectivity index (χ0) is 11.5. The second kappa shape index (κ2) is 4.69.